The van der Waals surface area contributed by atoms with Crippen LogP contribution >= 0.6 is 0 Å². The van der Waals surface area contributed by atoms with E-state index in [2.05, 4.69) is 17.4 Å². The molecule has 2 rings (SSSR count). The number of ether oxygens (including phenoxy) is 1. The van der Waals surface area contributed by atoms with Crippen molar-refractivity contribution in [2.24, 2.45) is 5.73 Å². The molecule has 1 aliphatic rings. The normalized spacial score (nSPS) is 26.1. The molecule has 3 nitrogen and oxygen atoms in total. The van der Waals surface area contributed by atoms with Gasteiger partial charge in [0.2, 0.25) is 0 Å². The molecule has 0 bridgehead atoms. The second kappa shape index (κ2) is 5.32. The number of nitrogens with one attached hydrogen (secondary N) is 1. The average molecular weight is 220 g/mol. The van der Waals surface area contributed by atoms with Gasteiger partial charge in [0.05, 0.1) is 7.11 Å². The highest BCUT2D eigenvalue weighted by Gasteiger charge is 2.21. The lowest BCUT2D eigenvalue weighted by Crippen LogP contribution is -2.28. The van der Waals surface area contributed by atoms with Crippen LogP contribution in [0.5, 0.6) is 5.75 Å². The molecule has 1 saturated heterocycles. The monoisotopic (exact) mass is 220 g/mol. The van der Waals surface area contributed by atoms with Gasteiger partial charge in [-0.3, -0.25) is 0 Å². The Kier molecular flexibility index (Phi) is 3.80. The molecule has 1 aromatic carbocycles. The summed E-state index contributed by atoms with van der Waals surface area (Å²) in [7, 11) is 1.70. The van der Waals surface area contributed by atoms with E-state index in [0.717, 1.165) is 31.7 Å². The first-order chi connectivity index (χ1) is 7.81. The summed E-state index contributed by atoms with van der Waals surface area (Å²) in [5.74, 6) is 1.37. The molecule has 2 atom stereocenters. The first-order valence-electron chi connectivity index (χ1n) is 5.91. The van der Waals surface area contributed by atoms with Gasteiger partial charge in [0, 0.05) is 12.0 Å². The fourth-order valence-electron chi connectivity index (χ4n) is 2.35. The van der Waals surface area contributed by atoms with Crippen molar-refractivity contribution >= 4 is 0 Å². The molecule has 1 heterocycles. The Balaban J connectivity index is 2.19. The minimum absolute atomic E-state index is 0.252. The molecule has 0 aromatic heterocycles. The van der Waals surface area contributed by atoms with Gasteiger partial charge < -0.3 is 15.8 Å². The Morgan fingerprint density at radius 3 is 2.94 bits per heavy atom. The Morgan fingerprint density at radius 2 is 2.12 bits per heavy atom. The van der Waals surface area contributed by atoms with Gasteiger partial charge in [-0.15, -0.1) is 0 Å². The largest absolute Gasteiger partial charge is 0.497 e. The molecule has 3 N–H and O–H groups in total. The summed E-state index contributed by atoms with van der Waals surface area (Å²) in [6, 6.07) is 8.53. The molecule has 16 heavy (non-hydrogen) atoms. The zero-order valence-electron chi connectivity index (χ0n) is 9.78. The molecule has 0 aliphatic carbocycles. The zero-order chi connectivity index (χ0) is 11.4. The molecule has 0 saturated carbocycles. The maximum atomic E-state index is 6.22. The summed E-state index contributed by atoms with van der Waals surface area (Å²) in [5.41, 5.74) is 7.52. The number of hydrogen-bond acceptors (Lipinski definition) is 3. The van der Waals surface area contributed by atoms with E-state index < -0.39 is 0 Å². The second-order valence-electron chi connectivity index (χ2n) is 4.37. The lowest BCUT2D eigenvalue weighted by atomic mass is 9.88. The first kappa shape index (κ1) is 11.4. The van der Waals surface area contributed by atoms with Crippen molar-refractivity contribution in [3.63, 3.8) is 0 Å². The van der Waals surface area contributed by atoms with Gasteiger partial charge in [-0.25, -0.2) is 0 Å². The van der Waals surface area contributed by atoms with E-state index in [1.165, 1.54) is 5.56 Å². The van der Waals surface area contributed by atoms with Crippen LogP contribution < -0.4 is 15.8 Å². The molecule has 88 valence electrons. The van der Waals surface area contributed by atoms with Crippen LogP contribution in [-0.2, 0) is 0 Å². The number of methoxy groups -OCH3 is 1. The van der Waals surface area contributed by atoms with Crippen LogP contribution in [0, 0.1) is 0 Å². The van der Waals surface area contributed by atoms with E-state index in [1.54, 1.807) is 7.11 Å². The van der Waals surface area contributed by atoms with Crippen LogP contribution in [0.25, 0.3) is 0 Å². The van der Waals surface area contributed by atoms with Gasteiger partial charge in [-0.1, -0.05) is 12.1 Å². The maximum absolute atomic E-state index is 6.22. The lowest BCUT2D eigenvalue weighted by molar-refractivity contribution is 0.412. The summed E-state index contributed by atoms with van der Waals surface area (Å²) in [4.78, 5) is 0. The minimum Gasteiger partial charge on any atom is -0.497 e. The summed E-state index contributed by atoms with van der Waals surface area (Å²) >= 11 is 0. The highest BCUT2D eigenvalue weighted by atomic mass is 16.5. The molecule has 3 heteroatoms. The van der Waals surface area contributed by atoms with Crippen molar-refractivity contribution in [1.29, 1.82) is 0 Å². The van der Waals surface area contributed by atoms with E-state index in [1.807, 2.05) is 12.1 Å². The van der Waals surface area contributed by atoms with Crippen LogP contribution in [0.2, 0.25) is 0 Å². The number of benzene rings is 1. The third-order valence-electron chi connectivity index (χ3n) is 3.33. The Hall–Kier alpha value is -1.06. The van der Waals surface area contributed by atoms with E-state index in [9.17, 15) is 0 Å². The minimum atomic E-state index is 0.252. The van der Waals surface area contributed by atoms with E-state index >= 15 is 0 Å². The van der Waals surface area contributed by atoms with Gasteiger partial charge in [0.25, 0.3) is 0 Å². The summed E-state index contributed by atoms with van der Waals surface area (Å²) in [6.07, 6.45) is 2.15. The zero-order valence-corrected chi connectivity index (χ0v) is 9.78. The first-order valence-corrected chi connectivity index (χ1v) is 5.91. The Bertz CT molecular complexity index is 340. The Labute approximate surface area is 97.0 Å². The standard InChI is InChI=1S/C13H20N2O/c1-16-11-4-2-3-10(9-11)12-5-7-15-8-6-13(12)14/h2-4,9,12-13,15H,5-8,14H2,1H3. The molecular weight excluding hydrogens is 200 g/mol. The van der Waals surface area contributed by atoms with E-state index in [4.69, 9.17) is 10.5 Å². The van der Waals surface area contributed by atoms with Gasteiger partial charge in [0.15, 0.2) is 0 Å². The molecule has 0 radical (unpaired) electrons. The van der Waals surface area contributed by atoms with Crippen molar-refractivity contribution in [2.75, 3.05) is 20.2 Å². The van der Waals surface area contributed by atoms with Gasteiger partial charge in [0.1, 0.15) is 5.75 Å². The molecule has 1 aromatic rings. The average Bonchev–Trinajstić information content (AvgIpc) is 2.54. The molecular formula is C13H20N2O. The van der Waals surface area contributed by atoms with Crippen molar-refractivity contribution in [3.8, 4) is 5.75 Å². The number of rotatable bonds is 2. The van der Waals surface area contributed by atoms with E-state index in [0.29, 0.717) is 5.92 Å². The molecule has 0 amide bonds. The topological polar surface area (TPSA) is 47.3 Å². The van der Waals surface area contributed by atoms with Crippen LogP contribution in [0.3, 0.4) is 0 Å². The number of nitrogens with two attached hydrogens (primary N) is 1. The molecule has 1 fully saturated rings. The molecule has 0 spiro atoms. The quantitative estimate of drug-likeness (QED) is 0.794. The molecule has 2 unspecified atom stereocenters. The van der Waals surface area contributed by atoms with Crippen molar-refractivity contribution in [3.05, 3.63) is 29.8 Å². The third kappa shape index (κ3) is 2.54. The highest BCUT2D eigenvalue weighted by Crippen LogP contribution is 2.27. The highest BCUT2D eigenvalue weighted by molar-refractivity contribution is 5.31. The summed E-state index contributed by atoms with van der Waals surface area (Å²) < 4.78 is 5.26. The second-order valence-corrected chi connectivity index (χ2v) is 4.37. The van der Waals surface area contributed by atoms with Crippen LogP contribution in [0.4, 0.5) is 0 Å². The van der Waals surface area contributed by atoms with E-state index in [-0.39, 0.29) is 6.04 Å². The van der Waals surface area contributed by atoms with Gasteiger partial charge in [-0.2, -0.15) is 0 Å². The smallest absolute Gasteiger partial charge is 0.119 e. The van der Waals surface area contributed by atoms with Crippen LogP contribution in [-0.4, -0.2) is 26.2 Å². The molecule has 1 aliphatic heterocycles. The summed E-state index contributed by atoms with van der Waals surface area (Å²) in [6.45, 7) is 2.08. The predicted molar refractivity (Wildman–Crippen MR) is 65.8 cm³/mol. The fraction of sp³-hybridized carbons (Fsp3) is 0.538. The Morgan fingerprint density at radius 1 is 1.31 bits per heavy atom. The van der Waals surface area contributed by atoms with Crippen molar-refractivity contribution in [1.82, 2.24) is 5.32 Å². The number of hydrogen-bond donors (Lipinski definition) is 2. The summed E-state index contributed by atoms with van der Waals surface area (Å²) in [5, 5.41) is 3.39. The maximum Gasteiger partial charge on any atom is 0.119 e. The van der Waals surface area contributed by atoms with Gasteiger partial charge in [-0.05, 0) is 43.6 Å². The van der Waals surface area contributed by atoms with Crippen LogP contribution in [0.15, 0.2) is 24.3 Å². The van der Waals surface area contributed by atoms with Crippen molar-refractivity contribution < 1.29 is 4.74 Å². The lowest BCUT2D eigenvalue weighted by Gasteiger charge is -2.21. The fourth-order valence-corrected chi connectivity index (χ4v) is 2.35. The van der Waals surface area contributed by atoms with Crippen LogP contribution in [0.1, 0.15) is 24.3 Å². The third-order valence-corrected chi connectivity index (χ3v) is 3.33. The SMILES string of the molecule is COc1cccc(C2CCNCCC2N)c1. The van der Waals surface area contributed by atoms with Crippen molar-refractivity contribution in [2.45, 2.75) is 24.8 Å². The predicted octanol–water partition coefficient (Wildman–Crippen LogP) is 1.49. The van der Waals surface area contributed by atoms with Gasteiger partial charge >= 0.3 is 0 Å².